The minimum Gasteiger partial charge on any atom is -0.469 e. The second-order valence-electron chi connectivity index (χ2n) is 4.91. The Labute approximate surface area is 152 Å². The third kappa shape index (κ3) is 6.52. The lowest BCUT2D eigenvalue weighted by atomic mass is 10.1. The molecule has 1 heterocycles. The van der Waals surface area contributed by atoms with E-state index in [2.05, 4.69) is 15.0 Å². The van der Waals surface area contributed by atoms with E-state index in [4.69, 9.17) is 16.3 Å². The van der Waals surface area contributed by atoms with Crippen LogP contribution in [0.5, 0.6) is 0 Å². The van der Waals surface area contributed by atoms with Gasteiger partial charge in [-0.05, 0) is 17.7 Å². The molecule has 25 heavy (non-hydrogen) atoms. The molecule has 7 nitrogen and oxygen atoms in total. The first-order valence-electron chi connectivity index (χ1n) is 7.17. The lowest BCUT2D eigenvalue weighted by Gasteiger charge is -2.05. The monoisotopic (exact) mass is 382 g/mol. The molecule has 1 amide bonds. The molecule has 0 radical (unpaired) electrons. The molecule has 0 unspecified atom stereocenters. The summed E-state index contributed by atoms with van der Waals surface area (Å²) in [5.41, 5.74) is 1.23. The lowest BCUT2D eigenvalue weighted by molar-refractivity contribution is -0.146. The smallest absolute Gasteiger partial charge is 0.311 e. The molecule has 2 rings (SSSR count). The molecule has 0 fully saturated rings. The van der Waals surface area contributed by atoms with Crippen molar-refractivity contribution in [2.45, 2.75) is 12.8 Å². The lowest BCUT2D eigenvalue weighted by Crippen LogP contribution is -2.21. The van der Waals surface area contributed by atoms with Crippen molar-refractivity contribution < 1.29 is 23.9 Å². The van der Waals surface area contributed by atoms with Gasteiger partial charge >= 0.3 is 11.9 Å². The van der Waals surface area contributed by atoms with E-state index < -0.39 is 24.5 Å². The number of benzene rings is 1. The molecule has 0 spiro atoms. The van der Waals surface area contributed by atoms with E-state index in [1.54, 1.807) is 29.6 Å². The van der Waals surface area contributed by atoms with Crippen LogP contribution in [0.2, 0.25) is 5.02 Å². The number of carbonyl (C=O) groups excluding carboxylic acids is 3. The maximum atomic E-state index is 11.8. The fourth-order valence-electron chi connectivity index (χ4n) is 1.79. The van der Waals surface area contributed by atoms with Gasteiger partial charge in [-0.25, -0.2) is 4.98 Å². The summed E-state index contributed by atoms with van der Waals surface area (Å²) in [4.78, 5) is 38.7. The molecule has 0 aliphatic rings. The van der Waals surface area contributed by atoms with Crippen LogP contribution in [0.15, 0.2) is 29.6 Å². The first-order chi connectivity index (χ1) is 12.0. The van der Waals surface area contributed by atoms with Crippen molar-refractivity contribution in [3.05, 3.63) is 45.9 Å². The van der Waals surface area contributed by atoms with Crippen molar-refractivity contribution in [1.82, 2.24) is 4.98 Å². The summed E-state index contributed by atoms with van der Waals surface area (Å²) in [6.07, 6.45) is 0.0733. The Bertz CT molecular complexity index is 760. The van der Waals surface area contributed by atoms with Crippen molar-refractivity contribution >= 4 is 45.9 Å². The van der Waals surface area contributed by atoms with Crippen LogP contribution >= 0.6 is 22.9 Å². The molecule has 0 saturated heterocycles. The highest BCUT2D eigenvalue weighted by Gasteiger charge is 2.12. The normalized spacial score (nSPS) is 10.2. The summed E-state index contributed by atoms with van der Waals surface area (Å²) in [6.45, 7) is -0.418. The number of anilines is 1. The van der Waals surface area contributed by atoms with Crippen LogP contribution in [-0.4, -0.2) is 36.5 Å². The average Bonchev–Trinajstić information content (AvgIpc) is 3.01. The number of amides is 1. The van der Waals surface area contributed by atoms with Gasteiger partial charge in [-0.15, -0.1) is 11.3 Å². The van der Waals surface area contributed by atoms with Crippen LogP contribution in [0, 0.1) is 0 Å². The molecule has 0 atom stereocenters. The molecule has 0 saturated carbocycles. The number of ether oxygens (including phenoxy) is 2. The third-order valence-corrected chi connectivity index (χ3v) is 4.04. The summed E-state index contributed by atoms with van der Waals surface area (Å²) in [5.74, 6) is -1.45. The third-order valence-electron chi connectivity index (χ3n) is 2.98. The van der Waals surface area contributed by atoms with Gasteiger partial charge in [-0.2, -0.15) is 0 Å². The predicted octanol–water partition coefficient (Wildman–Crippen LogP) is 2.24. The van der Waals surface area contributed by atoms with Crippen LogP contribution < -0.4 is 5.32 Å². The second kappa shape index (κ2) is 9.14. The summed E-state index contributed by atoms with van der Waals surface area (Å²) in [6, 6.07) is 6.76. The number of hydrogen-bond acceptors (Lipinski definition) is 7. The van der Waals surface area contributed by atoms with E-state index in [1.165, 1.54) is 7.11 Å². The molecule has 0 aliphatic carbocycles. The van der Waals surface area contributed by atoms with Gasteiger partial charge in [0.25, 0.3) is 5.91 Å². The second-order valence-corrected chi connectivity index (χ2v) is 6.20. The number of aromatic nitrogens is 1. The summed E-state index contributed by atoms with van der Waals surface area (Å²) >= 11 is 6.93. The molecule has 132 valence electrons. The van der Waals surface area contributed by atoms with Crippen LogP contribution in [-0.2, 0) is 36.7 Å². The fourth-order valence-corrected chi connectivity index (χ4v) is 2.64. The van der Waals surface area contributed by atoms with E-state index in [1.807, 2.05) is 0 Å². The Balaban J connectivity index is 1.75. The first kappa shape index (κ1) is 18.9. The molecule has 1 N–H and O–H groups in total. The summed E-state index contributed by atoms with van der Waals surface area (Å²) < 4.78 is 9.46. The van der Waals surface area contributed by atoms with Crippen LogP contribution in [0.4, 0.5) is 5.13 Å². The van der Waals surface area contributed by atoms with Gasteiger partial charge in [0.15, 0.2) is 11.7 Å². The Kier molecular flexibility index (Phi) is 6.91. The van der Waals surface area contributed by atoms with Crippen molar-refractivity contribution in [1.29, 1.82) is 0 Å². The van der Waals surface area contributed by atoms with Gasteiger partial charge in [0.2, 0.25) is 0 Å². The molecule has 0 aliphatic heterocycles. The van der Waals surface area contributed by atoms with Gasteiger partial charge in [0, 0.05) is 10.4 Å². The zero-order chi connectivity index (χ0) is 18.2. The zero-order valence-corrected chi connectivity index (χ0v) is 14.9. The van der Waals surface area contributed by atoms with Crippen LogP contribution in [0.25, 0.3) is 0 Å². The number of nitrogens with zero attached hydrogens (tertiary/aromatic N) is 1. The molecular weight excluding hydrogens is 368 g/mol. The van der Waals surface area contributed by atoms with E-state index in [-0.39, 0.29) is 12.8 Å². The quantitative estimate of drug-likeness (QED) is 0.738. The predicted molar refractivity (Wildman–Crippen MR) is 92.6 cm³/mol. The highest BCUT2D eigenvalue weighted by atomic mass is 35.5. The zero-order valence-electron chi connectivity index (χ0n) is 13.3. The number of nitrogens with one attached hydrogen (secondary N) is 1. The van der Waals surface area contributed by atoms with Gasteiger partial charge in [-0.1, -0.05) is 23.7 Å². The van der Waals surface area contributed by atoms with E-state index >= 15 is 0 Å². The maximum Gasteiger partial charge on any atom is 0.311 e. The van der Waals surface area contributed by atoms with Gasteiger partial charge < -0.3 is 9.47 Å². The highest BCUT2D eigenvalue weighted by molar-refractivity contribution is 7.13. The number of thiazole rings is 1. The van der Waals surface area contributed by atoms with Crippen molar-refractivity contribution in [3.8, 4) is 0 Å². The van der Waals surface area contributed by atoms with Gasteiger partial charge in [0.1, 0.15) is 0 Å². The van der Waals surface area contributed by atoms with Gasteiger partial charge in [0.05, 0.1) is 25.6 Å². The SMILES string of the molecule is COC(=O)Cc1csc(NC(=O)COC(=O)Cc2ccc(Cl)cc2)n1. The molecule has 9 heteroatoms. The van der Waals surface area contributed by atoms with Crippen LogP contribution in [0.1, 0.15) is 11.3 Å². The van der Waals surface area contributed by atoms with Gasteiger partial charge in [-0.3, -0.25) is 19.7 Å². The molecule has 2 aromatic rings. The number of hydrogen-bond donors (Lipinski definition) is 1. The summed E-state index contributed by atoms with van der Waals surface area (Å²) in [5, 5.41) is 5.03. The van der Waals surface area contributed by atoms with Crippen molar-refractivity contribution in [2.75, 3.05) is 19.0 Å². The number of carbonyl (C=O) groups is 3. The van der Waals surface area contributed by atoms with Crippen molar-refractivity contribution in [3.63, 3.8) is 0 Å². The fraction of sp³-hybridized carbons (Fsp3) is 0.250. The standard InChI is InChI=1S/C16H15ClN2O5S/c1-23-14(21)7-12-9-25-16(18-12)19-13(20)8-24-15(22)6-10-2-4-11(17)5-3-10/h2-5,9H,6-8H2,1H3,(H,18,19,20). The first-order valence-corrected chi connectivity index (χ1v) is 8.43. The largest absolute Gasteiger partial charge is 0.469 e. The minimum absolute atomic E-state index is 0.0267. The average molecular weight is 383 g/mol. The Morgan fingerprint density at radius 1 is 1.16 bits per heavy atom. The molecule has 1 aromatic heterocycles. The molecular formula is C16H15ClN2O5S. The van der Waals surface area contributed by atoms with E-state index in [0.29, 0.717) is 15.8 Å². The topological polar surface area (TPSA) is 94.6 Å². The molecule has 0 bridgehead atoms. The van der Waals surface area contributed by atoms with Crippen LogP contribution in [0.3, 0.4) is 0 Å². The Morgan fingerprint density at radius 2 is 1.88 bits per heavy atom. The van der Waals surface area contributed by atoms with Crippen molar-refractivity contribution in [2.24, 2.45) is 0 Å². The number of esters is 2. The van der Waals surface area contributed by atoms with E-state index in [9.17, 15) is 14.4 Å². The number of methoxy groups -OCH3 is 1. The minimum atomic E-state index is -0.525. The Hall–Kier alpha value is -2.45. The number of halogens is 1. The highest BCUT2D eigenvalue weighted by Crippen LogP contribution is 2.16. The maximum absolute atomic E-state index is 11.8. The summed E-state index contributed by atoms with van der Waals surface area (Å²) in [7, 11) is 1.29. The van der Waals surface area contributed by atoms with E-state index in [0.717, 1.165) is 16.9 Å². The Morgan fingerprint density at radius 3 is 2.56 bits per heavy atom. The number of rotatable bonds is 7. The molecule has 1 aromatic carbocycles.